The van der Waals surface area contributed by atoms with E-state index in [0.717, 1.165) is 32.7 Å². The number of nitrogens with zero attached hydrogens (tertiary/aromatic N) is 1. The molecule has 0 spiro atoms. The van der Waals surface area contributed by atoms with Gasteiger partial charge in [-0.2, -0.15) is 0 Å². The maximum atomic E-state index is 9.96. The minimum Gasteiger partial charge on any atom is -0.379 e. The van der Waals surface area contributed by atoms with Gasteiger partial charge in [0.2, 0.25) is 0 Å². The molecule has 1 fully saturated rings. The van der Waals surface area contributed by atoms with E-state index in [-0.39, 0.29) is 0 Å². The second-order valence-electron chi connectivity index (χ2n) is 4.12. The summed E-state index contributed by atoms with van der Waals surface area (Å²) in [5.74, 6) is 0. The van der Waals surface area contributed by atoms with Crippen molar-refractivity contribution in [3.63, 3.8) is 0 Å². The van der Waals surface area contributed by atoms with Gasteiger partial charge in [0.15, 0.2) is 6.29 Å². The Kier molecular flexibility index (Phi) is 7.48. The summed E-state index contributed by atoms with van der Waals surface area (Å²) in [6.07, 6.45) is 8.57. The van der Waals surface area contributed by atoms with Gasteiger partial charge < -0.3 is 4.74 Å². The molecule has 87 valence electrons. The van der Waals surface area contributed by atoms with Crippen LogP contribution in [0.5, 0.6) is 0 Å². The summed E-state index contributed by atoms with van der Waals surface area (Å²) in [5, 5.41) is 0. The Labute approximate surface area is 92.8 Å². The topological polar surface area (TPSA) is 29.5 Å². The number of morpholine rings is 1. The van der Waals surface area contributed by atoms with Crippen LogP contribution >= 0.6 is 0 Å². The highest BCUT2D eigenvalue weighted by Gasteiger charge is 2.08. The van der Waals surface area contributed by atoms with Crippen LogP contribution in [-0.2, 0) is 9.53 Å². The molecule has 3 nitrogen and oxygen atoms in total. The number of carbonyl (C=O) groups excluding carboxylic acids is 1. The molecule has 1 aliphatic heterocycles. The van der Waals surface area contributed by atoms with E-state index in [1.165, 1.54) is 32.2 Å². The van der Waals surface area contributed by atoms with Crippen LogP contribution in [0.15, 0.2) is 0 Å². The lowest BCUT2D eigenvalue weighted by molar-refractivity contribution is 0.0371. The predicted molar refractivity (Wildman–Crippen MR) is 60.7 cm³/mol. The molecule has 1 radical (unpaired) electrons. The minimum atomic E-state index is 0.615. The molecule has 15 heavy (non-hydrogen) atoms. The Hall–Kier alpha value is -0.410. The van der Waals surface area contributed by atoms with E-state index in [0.29, 0.717) is 6.42 Å². The van der Waals surface area contributed by atoms with Gasteiger partial charge in [-0.15, -0.1) is 0 Å². The monoisotopic (exact) mass is 212 g/mol. The highest BCUT2D eigenvalue weighted by molar-refractivity contribution is 5.50. The second kappa shape index (κ2) is 8.86. The van der Waals surface area contributed by atoms with Crippen molar-refractivity contribution < 1.29 is 9.53 Å². The third kappa shape index (κ3) is 6.63. The Morgan fingerprint density at radius 1 is 1.00 bits per heavy atom. The quantitative estimate of drug-likeness (QED) is 0.574. The molecule has 0 aromatic carbocycles. The Balaban J connectivity index is 1.81. The molecular weight excluding hydrogens is 190 g/mol. The molecule has 0 N–H and O–H groups in total. The van der Waals surface area contributed by atoms with Crippen LogP contribution in [0.4, 0.5) is 0 Å². The molecule has 0 atom stereocenters. The molecule has 1 aliphatic rings. The Bertz CT molecular complexity index is 156. The van der Waals surface area contributed by atoms with Gasteiger partial charge in [-0.1, -0.05) is 19.3 Å². The first-order chi connectivity index (χ1) is 7.43. The van der Waals surface area contributed by atoms with Crippen LogP contribution < -0.4 is 0 Å². The van der Waals surface area contributed by atoms with Crippen LogP contribution in [0.1, 0.15) is 38.5 Å². The van der Waals surface area contributed by atoms with E-state index in [4.69, 9.17) is 4.74 Å². The zero-order chi connectivity index (χ0) is 10.8. The molecule has 1 rings (SSSR count). The lowest BCUT2D eigenvalue weighted by Gasteiger charge is -2.26. The summed E-state index contributed by atoms with van der Waals surface area (Å²) in [4.78, 5) is 12.4. The van der Waals surface area contributed by atoms with Gasteiger partial charge >= 0.3 is 0 Å². The Morgan fingerprint density at radius 2 is 1.67 bits per heavy atom. The molecular formula is C12H22NO2. The summed E-state index contributed by atoms with van der Waals surface area (Å²) >= 11 is 0. The van der Waals surface area contributed by atoms with Gasteiger partial charge in [0.25, 0.3) is 0 Å². The maximum absolute atomic E-state index is 9.96. The fourth-order valence-electron chi connectivity index (χ4n) is 1.89. The van der Waals surface area contributed by atoms with Crippen molar-refractivity contribution >= 4 is 6.29 Å². The first-order valence-corrected chi connectivity index (χ1v) is 6.08. The summed E-state index contributed by atoms with van der Waals surface area (Å²) in [6.45, 7) is 5.20. The van der Waals surface area contributed by atoms with Crippen LogP contribution in [0.25, 0.3) is 0 Å². The highest BCUT2D eigenvalue weighted by Crippen LogP contribution is 2.06. The van der Waals surface area contributed by atoms with Gasteiger partial charge in [-0.05, 0) is 19.4 Å². The fourth-order valence-corrected chi connectivity index (χ4v) is 1.89. The summed E-state index contributed by atoms with van der Waals surface area (Å²) in [5.41, 5.74) is 0. The van der Waals surface area contributed by atoms with Crippen molar-refractivity contribution in [3.05, 3.63) is 0 Å². The van der Waals surface area contributed by atoms with Crippen molar-refractivity contribution in [1.29, 1.82) is 0 Å². The van der Waals surface area contributed by atoms with Crippen LogP contribution in [0.2, 0.25) is 0 Å². The number of rotatable bonds is 8. The molecule has 3 heteroatoms. The summed E-state index contributed by atoms with van der Waals surface area (Å²) in [6, 6.07) is 0. The van der Waals surface area contributed by atoms with Crippen LogP contribution in [-0.4, -0.2) is 44.0 Å². The molecule has 0 aliphatic carbocycles. The van der Waals surface area contributed by atoms with Crippen LogP contribution in [0.3, 0.4) is 0 Å². The molecule has 0 unspecified atom stereocenters. The minimum absolute atomic E-state index is 0.615. The summed E-state index contributed by atoms with van der Waals surface area (Å²) < 4.78 is 5.29. The fraction of sp³-hybridized carbons (Fsp3) is 0.917. The lowest BCUT2D eigenvalue weighted by atomic mass is 10.1. The normalized spacial score (nSPS) is 17.9. The third-order valence-corrected chi connectivity index (χ3v) is 2.86. The highest BCUT2D eigenvalue weighted by atomic mass is 16.5. The molecule has 0 saturated carbocycles. The molecule has 0 aromatic rings. The first kappa shape index (κ1) is 12.7. The van der Waals surface area contributed by atoms with Crippen molar-refractivity contribution in [2.45, 2.75) is 38.5 Å². The smallest absolute Gasteiger partial charge is 0.198 e. The molecule has 0 amide bonds. The van der Waals surface area contributed by atoms with E-state index in [1.807, 2.05) is 6.29 Å². The van der Waals surface area contributed by atoms with Crippen molar-refractivity contribution in [2.24, 2.45) is 0 Å². The van der Waals surface area contributed by atoms with Crippen molar-refractivity contribution in [3.8, 4) is 0 Å². The van der Waals surface area contributed by atoms with Crippen molar-refractivity contribution in [1.82, 2.24) is 4.90 Å². The Morgan fingerprint density at radius 3 is 2.40 bits per heavy atom. The molecule has 0 aromatic heterocycles. The average Bonchev–Trinajstić information content (AvgIpc) is 2.29. The standard InChI is InChI=1S/C12H22NO2/c14-10-6-4-2-1-3-5-7-13-8-11-15-12-9-13/h1-9,11-12H2. The number of hydrogen-bond acceptors (Lipinski definition) is 3. The van der Waals surface area contributed by atoms with E-state index in [1.54, 1.807) is 0 Å². The van der Waals surface area contributed by atoms with E-state index >= 15 is 0 Å². The lowest BCUT2D eigenvalue weighted by Crippen LogP contribution is -2.36. The van der Waals surface area contributed by atoms with E-state index in [9.17, 15) is 4.79 Å². The van der Waals surface area contributed by atoms with Gasteiger partial charge in [-0.25, -0.2) is 0 Å². The van der Waals surface area contributed by atoms with Crippen molar-refractivity contribution in [2.75, 3.05) is 32.8 Å². The van der Waals surface area contributed by atoms with Gasteiger partial charge in [0.1, 0.15) is 0 Å². The number of hydrogen-bond donors (Lipinski definition) is 0. The largest absolute Gasteiger partial charge is 0.379 e. The zero-order valence-corrected chi connectivity index (χ0v) is 9.54. The maximum Gasteiger partial charge on any atom is 0.198 e. The zero-order valence-electron chi connectivity index (χ0n) is 9.54. The van der Waals surface area contributed by atoms with Crippen LogP contribution in [0, 0.1) is 0 Å². The predicted octanol–water partition coefficient (Wildman–Crippen LogP) is 1.77. The van der Waals surface area contributed by atoms with Gasteiger partial charge in [0.05, 0.1) is 13.2 Å². The second-order valence-corrected chi connectivity index (χ2v) is 4.12. The summed E-state index contributed by atoms with van der Waals surface area (Å²) in [7, 11) is 0. The van der Waals surface area contributed by atoms with Gasteiger partial charge in [0, 0.05) is 19.5 Å². The molecule has 1 saturated heterocycles. The molecule has 0 bridgehead atoms. The van der Waals surface area contributed by atoms with E-state index < -0.39 is 0 Å². The number of ether oxygens (including phenoxy) is 1. The molecule has 1 heterocycles. The third-order valence-electron chi connectivity index (χ3n) is 2.86. The SMILES string of the molecule is O=[C]CCCCCCCN1CCOCC1. The average molecular weight is 212 g/mol. The number of unbranched alkanes of at least 4 members (excludes halogenated alkanes) is 5. The van der Waals surface area contributed by atoms with E-state index in [2.05, 4.69) is 4.90 Å². The van der Waals surface area contributed by atoms with Gasteiger partial charge in [-0.3, -0.25) is 9.69 Å². The first-order valence-electron chi connectivity index (χ1n) is 6.08.